The zero-order chi connectivity index (χ0) is 89.5. The quantitative estimate of drug-likeness (QED) is 0.0341. The minimum atomic E-state index is -0.416. The van der Waals surface area contributed by atoms with E-state index in [2.05, 4.69) is 195 Å². The lowest BCUT2D eigenvalue weighted by atomic mass is 9.95. The number of nitrogens with zero attached hydrogens (tertiary/aromatic N) is 21. The normalized spacial score (nSPS) is 19.7. The Labute approximate surface area is 755 Å². The van der Waals surface area contributed by atoms with Crippen molar-refractivity contribution in [3.05, 3.63) is 196 Å². The number of aromatic nitrogens is 6. The molecule has 129 heavy (non-hydrogen) atoms. The summed E-state index contributed by atoms with van der Waals surface area (Å²) in [4.78, 5) is 111. The number of hydrogen-bond donors (Lipinski definition) is 0. The van der Waals surface area contributed by atoms with Crippen LogP contribution in [0.5, 0.6) is 18.0 Å². The van der Waals surface area contributed by atoms with E-state index < -0.39 is 6.04 Å². The molecular weight excluding hydrogens is 1620 g/mol. The van der Waals surface area contributed by atoms with Gasteiger partial charge >= 0.3 is 18.0 Å². The first-order valence-corrected chi connectivity index (χ1v) is 45.6. The molecule has 17 rings (SSSR count). The Bertz CT molecular complexity index is 5940. The number of carbonyl (C=O) groups is 4. The van der Waals surface area contributed by atoms with Crippen LogP contribution in [-0.2, 0) is 69.4 Å². The first-order valence-electron chi connectivity index (χ1n) is 45.6. The summed E-state index contributed by atoms with van der Waals surface area (Å²) in [5.74, 6) is 1.63. The largest absolute Gasteiger partial charge is 0.463 e. The van der Waals surface area contributed by atoms with Crippen LogP contribution in [0.3, 0.4) is 0 Å². The molecule has 8 aliphatic rings. The Morgan fingerprint density at radius 1 is 0.519 bits per heavy atom. The summed E-state index contributed by atoms with van der Waals surface area (Å²) >= 11 is 0. The Morgan fingerprint density at radius 3 is 1.50 bits per heavy atom. The molecule has 8 aliphatic heterocycles. The maximum atomic E-state index is 14.6. The van der Waals surface area contributed by atoms with Crippen molar-refractivity contribution >= 4 is 90.5 Å². The average molecular weight is 1740 g/mol. The van der Waals surface area contributed by atoms with Crippen molar-refractivity contribution in [3.63, 3.8) is 0 Å². The van der Waals surface area contributed by atoms with Crippen LogP contribution in [0.2, 0.25) is 0 Å². The Kier molecular flexibility index (Phi) is 26.8. The van der Waals surface area contributed by atoms with Crippen molar-refractivity contribution in [3.8, 4) is 36.2 Å². The number of likely N-dealkylation sites (tertiary alicyclic amines) is 1. The van der Waals surface area contributed by atoms with E-state index in [4.69, 9.17) is 48.9 Å². The topological polar surface area (TPSA) is 293 Å². The lowest BCUT2D eigenvalue weighted by Gasteiger charge is -2.42. The number of rotatable bonds is 27. The highest BCUT2D eigenvalue weighted by Gasteiger charge is 2.40. The molecule has 3 aromatic heterocycles. The number of nitriles is 3. The Balaban J connectivity index is 0.590. The van der Waals surface area contributed by atoms with Gasteiger partial charge in [0.25, 0.3) is 0 Å². The van der Waals surface area contributed by atoms with Crippen LogP contribution in [0.25, 0.3) is 32.3 Å². The van der Waals surface area contributed by atoms with Crippen molar-refractivity contribution < 1.29 is 38.1 Å². The van der Waals surface area contributed by atoms with Crippen LogP contribution >= 0.6 is 0 Å². The van der Waals surface area contributed by atoms with Gasteiger partial charge < -0.3 is 72.8 Å². The number of aryl methyl sites for hydroxylation is 3. The van der Waals surface area contributed by atoms with Crippen molar-refractivity contribution in [2.24, 2.45) is 0 Å². The molecule has 5 fully saturated rings. The fraction of sp³-hybridized carbons (Fsp3) is 0.450. The number of allylic oxidation sites excluding steroid dienone is 1. The average Bonchev–Trinajstić information content (AvgIpc) is 1.11. The number of anilines is 6. The first kappa shape index (κ1) is 88.0. The highest BCUT2D eigenvalue weighted by atomic mass is 16.5. The molecule has 0 saturated carbocycles. The number of carbonyl (C=O) groups excluding carboxylic acids is 4. The summed E-state index contributed by atoms with van der Waals surface area (Å²) in [6, 6.07) is 41.5. The van der Waals surface area contributed by atoms with Crippen molar-refractivity contribution in [1.82, 2.24) is 59.3 Å². The van der Waals surface area contributed by atoms with Crippen molar-refractivity contribution in [1.29, 1.82) is 15.8 Å². The second-order valence-corrected chi connectivity index (χ2v) is 35.4. The summed E-state index contributed by atoms with van der Waals surface area (Å²) in [7, 11) is 3.95. The molecule has 0 aliphatic carbocycles. The van der Waals surface area contributed by atoms with Crippen LogP contribution in [0.4, 0.5) is 34.5 Å². The molecule has 29 heteroatoms. The van der Waals surface area contributed by atoms with E-state index in [1.165, 1.54) is 28.5 Å². The fourth-order valence-corrected chi connectivity index (χ4v) is 20.6. The highest BCUT2D eigenvalue weighted by molar-refractivity contribution is 6.00. The zero-order valence-corrected chi connectivity index (χ0v) is 75.0. The third-order valence-corrected chi connectivity index (χ3v) is 27.3. The molecule has 29 nitrogen and oxygen atoms in total. The molecule has 5 atom stereocenters. The summed E-state index contributed by atoms with van der Waals surface area (Å²) in [5.41, 5.74) is 14.4. The minimum Gasteiger partial charge on any atom is -0.463 e. The predicted molar refractivity (Wildman–Crippen MR) is 498 cm³/mol. The van der Waals surface area contributed by atoms with Gasteiger partial charge in [0, 0.05) is 168 Å². The maximum absolute atomic E-state index is 14.6. The van der Waals surface area contributed by atoms with Gasteiger partial charge in [-0.05, 0) is 172 Å². The van der Waals surface area contributed by atoms with Crippen molar-refractivity contribution in [2.75, 3.05) is 175 Å². The zero-order valence-electron chi connectivity index (χ0n) is 75.0. The van der Waals surface area contributed by atoms with E-state index in [-0.39, 0.29) is 86.2 Å². The molecule has 11 heterocycles. The number of ether oxygens (including phenoxy) is 4. The minimum absolute atomic E-state index is 0.00460. The lowest BCUT2D eigenvalue weighted by molar-refractivity contribution is -0.131. The SMILES string of the molecule is C=CC(=O)N1CCN(c2nc(OCCCN3CCOC(c4cc(N5CCc6c(nc(OCCC(=O)N(C)Cc7cc(N8CCc9c(nc(OC[C@@H]%10CCCN%10C)nc9N9CCN(C(=O)/C=C/C)[C@@H](CC#N)C9)C8)c8c(C)cccc8c7)nc6N6CCN(C(=O)C=C)[C@@H](CC#N)C6)C5)c5c(C)cccc5c4)C3)nc3c2CCN(c2cccc4cccc(C)c24)C3)C[C@@H]1CC#N. The number of fused-ring (bicyclic) bond motifs is 6. The summed E-state index contributed by atoms with van der Waals surface area (Å²) in [6.07, 6.45) is 11.0. The summed E-state index contributed by atoms with van der Waals surface area (Å²) < 4.78 is 26.5. The van der Waals surface area contributed by atoms with Gasteiger partial charge in [-0.15, -0.1) is 0 Å². The third-order valence-electron chi connectivity index (χ3n) is 27.3. The molecule has 0 bridgehead atoms. The van der Waals surface area contributed by atoms with E-state index in [9.17, 15) is 35.0 Å². The van der Waals surface area contributed by atoms with Gasteiger partial charge in [0.15, 0.2) is 0 Å². The second kappa shape index (κ2) is 39.3. The smallest absolute Gasteiger partial charge is 0.318 e. The molecule has 6 aromatic carbocycles. The van der Waals surface area contributed by atoms with Crippen LogP contribution in [0, 0.1) is 54.8 Å². The van der Waals surface area contributed by atoms with Crippen LogP contribution in [0.15, 0.2) is 135 Å². The van der Waals surface area contributed by atoms with E-state index in [1.54, 1.807) is 31.8 Å². The molecule has 4 amide bonds. The van der Waals surface area contributed by atoms with Crippen LogP contribution in [0.1, 0.15) is 120 Å². The molecule has 0 radical (unpaired) electrons. The highest BCUT2D eigenvalue weighted by Crippen LogP contribution is 2.43. The fourth-order valence-electron chi connectivity index (χ4n) is 20.6. The molecule has 668 valence electrons. The Hall–Kier alpha value is -13.0. The molecule has 1 unspecified atom stereocenters. The number of piperazine rings is 3. The molecule has 9 aromatic rings. The van der Waals surface area contributed by atoms with E-state index in [1.807, 2.05) is 14.0 Å². The predicted octanol–water partition coefficient (Wildman–Crippen LogP) is 11.6. The number of hydrogen-bond acceptors (Lipinski definition) is 25. The number of morpholine rings is 1. The maximum Gasteiger partial charge on any atom is 0.318 e. The van der Waals surface area contributed by atoms with Crippen molar-refractivity contribution in [2.45, 2.75) is 148 Å². The number of likely N-dealkylation sites (N-methyl/N-ethyl adjacent to an activating group) is 1. The molecule has 0 N–H and O–H groups in total. The molecular formula is C100H115N21O8. The van der Waals surface area contributed by atoms with Gasteiger partial charge in [0.2, 0.25) is 23.6 Å². The third kappa shape index (κ3) is 18.9. The standard InChI is InChI=1S/C100H115N21O8/c1-9-18-91(125)121-48-45-118(60-76(121)30-37-103)97-80-32-41-114(62-83(80)106-100(109-97)129-65-77-26-16-38-110(77)7)85-54-69(53-71-24-13-20-67(5)93(71)85)57-111(8)90(124)34-51-128-99-105-82-63-115(42-33-79(82)96(108-99)117-44-47-120(89(123)11-3)75(59-117)29-36-102)86-56-73(55-72-25-14-21-68(6)94(72)86)87-64-112(49-52-126-87)39-17-50-127-98-104-81-61-113(84-27-15-23-70-22-12-19-66(4)92(70)84)40-31-78(81)95(107-98)116-43-46-119(88(122)10-2)74(58-116)28-35-101/h9-15,18-25,27,53-56,74-77,87H,2-3,16-17,26,28-34,38-52,57-65H2,1,4-8H3/b18-9+/t74-,75-,76-,77-,87?/m0/s1. The molecule has 5 saturated heterocycles. The van der Waals surface area contributed by atoms with E-state index in [0.29, 0.717) is 168 Å². The first-order chi connectivity index (χ1) is 62.8. The second-order valence-electron chi connectivity index (χ2n) is 35.4. The van der Waals surface area contributed by atoms with E-state index >= 15 is 0 Å². The van der Waals surface area contributed by atoms with Gasteiger partial charge in [-0.2, -0.15) is 45.7 Å². The van der Waals surface area contributed by atoms with Gasteiger partial charge in [0.05, 0.1) is 118 Å². The van der Waals surface area contributed by atoms with Gasteiger partial charge in [-0.25, -0.2) is 0 Å². The van der Waals surface area contributed by atoms with Crippen LogP contribution in [-0.4, -0.2) is 252 Å². The van der Waals surface area contributed by atoms with Crippen LogP contribution < -0.4 is 43.6 Å². The van der Waals surface area contributed by atoms with Gasteiger partial charge in [-0.3, -0.25) is 24.1 Å². The monoisotopic (exact) mass is 1740 g/mol. The lowest BCUT2D eigenvalue weighted by Crippen LogP contribution is -2.55. The Morgan fingerprint density at radius 2 is 0.992 bits per heavy atom. The molecule has 0 spiro atoms. The number of amides is 4. The van der Waals surface area contributed by atoms with Gasteiger partial charge in [0.1, 0.15) is 30.7 Å². The number of benzene rings is 6. The van der Waals surface area contributed by atoms with Gasteiger partial charge in [-0.1, -0.05) is 86.0 Å². The summed E-state index contributed by atoms with van der Waals surface area (Å²) in [5, 5.41) is 36.9. The summed E-state index contributed by atoms with van der Waals surface area (Å²) in [6.45, 7) is 28.2. The van der Waals surface area contributed by atoms with E-state index in [0.717, 1.165) is 145 Å².